The molecule has 1 aromatic rings. The van der Waals surface area contributed by atoms with Gasteiger partial charge >= 0.3 is 0 Å². The zero-order chi connectivity index (χ0) is 12.4. The molecule has 1 aliphatic carbocycles. The maximum atomic E-state index is 5.57. The van der Waals surface area contributed by atoms with Crippen LogP contribution in [0.1, 0.15) is 42.6 Å². The standard InChI is InChI=1S/C15H20O2/c1-5-6-11-13-9-10(2)7-8-12(13)15(17-4)14(11)16-3/h7-9,15H,5-6H2,1-4H3. The van der Waals surface area contributed by atoms with Crippen LogP contribution < -0.4 is 0 Å². The summed E-state index contributed by atoms with van der Waals surface area (Å²) >= 11 is 0. The van der Waals surface area contributed by atoms with Gasteiger partial charge in [0, 0.05) is 12.7 Å². The van der Waals surface area contributed by atoms with E-state index in [-0.39, 0.29) is 6.10 Å². The number of ether oxygens (including phenoxy) is 2. The summed E-state index contributed by atoms with van der Waals surface area (Å²) in [4.78, 5) is 0. The van der Waals surface area contributed by atoms with Crippen LogP contribution in [0.2, 0.25) is 0 Å². The summed E-state index contributed by atoms with van der Waals surface area (Å²) < 4.78 is 11.1. The first kappa shape index (κ1) is 12.2. The van der Waals surface area contributed by atoms with Crippen molar-refractivity contribution >= 4 is 5.57 Å². The second-order valence-electron chi connectivity index (χ2n) is 4.50. The van der Waals surface area contributed by atoms with Crippen LogP contribution in [-0.4, -0.2) is 14.2 Å². The molecule has 0 amide bonds. The molecule has 0 aliphatic heterocycles. The lowest BCUT2D eigenvalue weighted by molar-refractivity contribution is 0.0833. The highest BCUT2D eigenvalue weighted by atomic mass is 16.5. The third kappa shape index (κ3) is 1.98. The third-order valence-corrected chi connectivity index (χ3v) is 3.31. The molecule has 0 radical (unpaired) electrons. The van der Waals surface area contributed by atoms with E-state index in [0.29, 0.717) is 0 Å². The summed E-state index contributed by atoms with van der Waals surface area (Å²) in [6.45, 7) is 4.31. The van der Waals surface area contributed by atoms with Gasteiger partial charge in [-0.1, -0.05) is 37.1 Å². The number of aryl methyl sites for hydroxylation is 1. The van der Waals surface area contributed by atoms with Crippen LogP contribution in [-0.2, 0) is 9.47 Å². The van der Waals surface area contributed by atoms with E-state index in [1.807, 2.05) is 0 Å². The summed E-state index contributed by atoms with van der Waals surface area (Å²) in [5, 5.41) is 0. The molecule has 92 valence electrons. The molecular weight excluding hydrogens is 212 g/mol. The molecule has 1 atom stereocenters. The van der Waals surface area contributed by atoms with E-state index in [0.717, 1.165) is 18.6 Å². The Bertz CT molecular complexity index is 446. The van der Waals surface area contributed by atoms with E-state index >= 15 is 0 Å². The maximum absolute atomic E-state index is 5.57. The number of hydrogen-bond acceptors (Lipinski definition) is 2. The lowest BCUT2D eigenvalue weighted by Crippen LogP contribution is -2.02. The van der Waals surface area contributed by atoms with Crippen LogP contribution in [0.25, 0.3) is 5.57 Å². The van der Waals surface area contributed by atoms with E-state index in [2.05, 4.69) is 32.0 Å². The Morgan fingerprint density at radius 2 is 2.00 bits per heavy atom. The van der Waals surface area contributed by atoms with Gasteiger partial charge < -0.3 is 9.47 Å². The molecular formula is C15H20O2. The Kier molecular flexibility index (Phi) is 3.53. The predicted molar refractivity (Wildman–Crippen MR) is 69.8 cm³/mol. The second kappa shape index (κ2) is 4.92. The summed E-state index contributed by atoms with van der Waals surface area (Å²) in [6.07, 6.45) is 2.13. The molecule has 0 fully saturated rings. The highest BCUT2D eigenvalue weighted by molar-refractivity contribution is 5.76. The summed E-state index contributed by atoms with van der Waals surface area (Å²) in [5.74, 6) is 0.981. The molecule has 0 spiro atoms. The van der Waals surface area contributed by atoms with Gasteiger partial charge in [0.05, 0.1) is 7.11 Å². The topological polar surface area (TPSA) is 18.5 Å². The van der Waals surface area contributed by atoms with E-state index in [1.165, 1.54) is 22.3 Å². The first-order chi connectivity index (χ1) is 8.22. The van der Waals surface area contributed by atoms with Gasteiger partial charge in [-0.05, 0) is 24.5 Å². The summed E-state index contributed by atoms with van der Waals surface area (Å²) in [6, 6.07) is 6.52. The first-order valence-electron chi connectivity index (χ1n) is 6.13. The minimum atomic E-state index is -0.0304. The minimum absolute atomic E-state index is 0.0304. The van der Waals surface area contributed by atoms with Crippen LogP contribution in [0.15, 0.2) is 24.0 Å². The van der Waals surface area contributed by atoms with Gasteiger partial charge in [-0.2, -0.15) is 0 Å². The Morgan fingerprint density at radius 1 is 1.24 bits per heavy atom. The fourth-order valence-corrected chi connectivity index (χ4v) is 2.56. The van der Waals surface area contributed by atoms with Crippen LogP contribution in [0, 0.1) is 6.92 Å². The minimum Gasteiger partial charge on any atom is -0.498 e. The van der Waals surface area contributed by atoms with Crippen molar-refractivity contribution in [2.45, 2.75) is 32.8 Å². The molecule has 0 bridgehead atoms. The number of hydrogen-bond donors (Lipinski definition) is 0. The van der Waals surface area contributed by atoms with Crippen molar-refractivity contribution in [1.82, 2.24) is 0 Å². The molecule has 17 heavy (non-hydrogen) atoms. The Balaban J connectivity index is 2.55. The van der Waals surface area contributed by atoms with Crippen molar-refractivity contribution in [3.63, 3.8) is 0 Å². The van der Waals surface area contributed by atoms with E-state index in [9.17, 15) is 0 Å². The van der Waals surface area contributed by atoms with Crippen LogP contribution in [0.3, 0.4) is 0 Å². The quantitative estimate of drug-likeness (QED) is 0.785. The number of methoxy groups -OCH3 is 2. The molecule has 0 aromatic heterocycles. The average Bonchev–Trinajstić information content (AvgIpc) is 2.62. The molecule has 0 saturated carbocycles. The van der Waals surface area contributed by atoms with Crippen molar-refractivity contribution in [2.75, 3.05) is 14.2 Å². The number of allylic oxidation sites excluding steroid dienone is 1. The number of benzene rings is 1. The van der Waals surface area contributed by atoms with Crippen molar-refractivity contribution in [2.24, 2.45) is 0 Å². The van der Waals surface area contributed by atoms with Gasteiger partial charge in [0.1, 0.15) is 11.9 Å². The average molecular weight is 232 g/mol. The van der Waals surface area contributed by atoms with Crippen LogP contribution in [0.4, 0.5) is 0 Å². The lowest BCUT2D eigenvalue weighted by Gasteiger charge is -2.13. The summed E-state index contributed by atoms with van der Waals surface area (Å²) in [5.41, 5.74) is 5.12. The fourth-order valence-electron chi connectivity index (χ4n) is 2.56. The molecule has 2 nitrogen and oxygen atoms in total. The molecule has 2 rings (SSSR count). The van der Waals surface area contributed by atoms with Gasteiger partial charge in [0.2, 0.25) is 0 Å². The van der Waals surface area contributed by atoms with Crippen molar-refractivity contribution in [3.05, 3.63) is 40.6 Å². The van der Waals surface area contributed by atoms with E-state index < -0.39 is 0 Å². The zero-order valence-corrected chi connectivity index (χ0v) is 11.0. The zero-order valence-electron chi connectivity index (χ0n) is 11.0. The van der Waals surface area contributed by atoms with Gasteiger partial charge in [-0.25, -0.2) is 0 Å². The molecule has 0 saturated heterocycles. The largest absolute Gasteiger partial charge is 0.498 e. The molecule has 1 aromatic carbocycles. The van der Waals surface area contributed by atoms with E-state index in [1.54, 1.807) is 14.2 Å². The highest BCUT2D eigenvalue weighted by Crippen LogP contribution is 2.44. The molecule has 0 N–H and O–H groups in total. The molecule has 2 heteroatoms. The molecule has 0 heterocycles. The first-order valence-corrected chi connectivity index (χ1v) is 6.13. The smallest absolute Gasteiger partial charge is 0.140 e. The van der Waals surface area contributed by atoms with Gasteiger partial charge in [0.15, 0.2) is 0 Å². The monoisotopic (exact) mass is 232 g/mol. The van der Waals surface area contributed by atoms with Gasteiger partial charge in [0.25, 0.3) is 0 Å². The Hall–Kier alpha value is -1.28. The molecule has 1 unspecified atom stereocenters. The number of fused-ring (bicyclic) bond motifs is 1. The Morgan fingerprint density at radius 3 is 2.59 bits per heavy atom. The van der Waals surface area contributed by atoms with Crippen LogP contribution in [0.5, 0.6) is 0 Å². The summed E-state index contributed by atoms with van der Waals surface area (Å²) in [7, 11) is 3.47. The number of rotatable bonds is 4. The molecule has 1 aliphatic rings. The third-order valence-electron chi connectivity index (χ3n) is 3.31. The fraction of sp³-hybridized carbons (Fsp3) is 0.467. The van der Waals surface area contributed by atoms with Crippen LogP contribution >= 0.6 is 0 Å². The van der Waals surface area contributed by atoms with Crippen molar-refractivity contribution in [3.8, 4) is 0 Å². The van der Waals surface area contributed by atoms with Gasteiger partial charge in [-0.15, -0.1) is 0 Å². The normalized spacial score (nSPS) is 18.5. The maximum Gasteiger partial charge on any atom is 0.140 e. The van der Waals surface area contributed by atoms with Crippen molar-refractivity contribution < 1.29 is 9.47 Å². The van der Waals surface area contributed by atoms with Crippen molar-refractivity contribution in [1.29, 1.82) is 0 Å². The second-order valence-corrected chi connectivity index (χ2v) is 4.50. The highest BCUT2D eigenvalue weighted by Gasteiger charge is 2.31. The Labute approximate surface area is 103 Å². The predicted octanol–water partition coefficient (Wildman–Crippen LogP) is 3.85. The SMILES string of the molecule is CCCC1=C(OC)C(OC)c2ccc(C)cc21. The van der Waals surface area contributed by atoms with E-state index in [4.69, 9.17) is 9.47 Å². The van der Waals surface area contributed by atoms with Gasteiger partial charge in [-0.3, -0.25) is 0 Å². The lowest BCUT2D eigenvalue weighted by atomic mass is 10.00.